The van der Waals surface area contributed by atoms with Crippen LogP contribution in [-0.4, -0.2) is 18.8 Å². The maximum Gasteiger partial charge on any atom is 0.0796 e. The summed E-state index contributed by atoms with van der Waals surface area (Å²) in [4.78, 5) is 0. The fourth-order valence-electron chi connectivity index (χ4n) is 3.14. The molecule has 0 aromatic rings. The van der Waals surface area contributed by atoms with Gasteiger partial charge in [-0.15, -0.1) is 0 Å². The van der Waals surface area contributed by atoms with Crippen LogP contribution in [0.15, 0.2) is 12.2 Å². The van der Waals surface area contributed by atoms with Crippen LogP contribution in [0.4, 0.5) is 0 Å². The quantitative estimate of drug-likeness (QED) is 0.586. The first-order valence-electron chi connectivity index (χ1n) is 4.92. The zero-order valence-electron chi connectivity index (χ0n) is 7.15. The molecular formula is C10H15NO. The van der Waals surface area contributed by atoms with Crippen molar-refractivity contribution in [2.45, 2.75) is 25.0 Å². The minimum Gasteiger partial charge on any atom is -0.366 e. The lowest BCUT2D eigenvalue weighted by Crippen LogP contribution is -2.17. The Kier molecular flexibility index (Phi) is 1.38. The maximum absolute atomic E-state index is 5.78. The summed E-state index contributed by atoms with van der Waals surface area (Å²) in [5.74, 6) is 2.37. The van der Waals surface area contributed by atoms with E-state index in [9.17, 15) is 0 Å². The summed E-state index contributed by atoms with van der Waals surface area (Å²) in [5.41, 5.74) is 5.69. The highest BCUT2D eigenvalue weighted by Gasteiger charge is 2.50. The van der Waals surface area contributed by atoms with Crippen LogP contribution in [0.2, 0.25) is 0 Å². The van der Waals surface area contributed by atoms with Gasteiger partial charge in [0.25, 0.3) is 0 Å². The van der Waals surface area contributed by atoms with Crippen LogP contribution in [0.5, 0.6) is 0 Å². The number of hydrogen-bond acceptors (Lipinski definition) is 2. The summed E-state index contributed by atoms with van der Waals surface area (Å²) < 4.78 is 5.78. The fourth-order valence-corrected chi connectivity index (χ4v) is 3.14. The van der Waals surface area contributed by atoms with Gasteiger partial charge in [0.15, 0.2) is 0 Å². The van der Waals surface area contributed by atoms with Crippen LogP contribution in [0.1, 0.15) is 12.8 Å². The van der Waals surface area contributed by atoms with Gasteiger partial charge in [-0.2, -0.15) is 0 Å². The molecular weight excluding hydrogens is 150 g/mol. The molecule has 4 unspecified atom stereocenters. The molecule has 2 aliphatic heterocycles. The molecule has 3 aliphatic rings. The zero-order valence-corrected chi connectivity index (χ0v) is 7.15. The van der Waals surface area contributed by atoms with Crippen molar-refractivity contribution in [1.29, 1.82) is 0 Å². The van der Waals surface area contributed by atoms with E-state index in [1.807, 2.05) is 0 Å². The van der Waals surface area contributed by atoms with Gasteiger partial charge in [0.2, 0.25) is 0 Å². The van der Waals surface area contributed by atoms with E-state index in [1.165, 1.54) is 12.8 Å². The van der Waals surface area contributed by atoms with E-state index < -0.39 is 0 Å². The highest BCUT2D eigenvalue weighted by molar-refractivity contribution is 5.16. The van der Waals surface area contributed by atoms with Crippen molar-refractivity contribution in [2.24, 2.45) is 23.5 Å². The minimum absolute atomic E-state index is 0.441. The molecule has 12 heavy (non-hydrogen) atoms. The summed E-state index contributed by atoms with van der Waals surface area (Å²) in [6.45, 7) is 0.868. The summed E-state index contributed by atoms with van der Waals surface area (Å²) in [7, 11) is 0. The average molecular weight is 165 g/mol. The third-order valence-corrected chi connectivity index (χ3v) is 3.74. The lowest BCUT2D eigenvalue weighted by Gasteiger charge is -2.15. The second-order valence-corrected chi connectivity index (χ2v) is 4.35. The van der Waals surface area contributed by atoms with Crippen molar-refractivity contribution >= 4 is 0 Å². The number of fused-ring (bicyclic) bond motifs is 5. The predicted octanol–water partition coefficient (Wildman–Crippen LogP) is 0.925. The molecule has 4 atom stereocenters. The molecule has 1 saturated carbocycles. The second-order valence-electron chi connectivity index (χ2n) is 4.35. The van der Waals surface area contributed by atoms with Crippen molar-refractivity contribution in [3.63, 3.8) is 0 Å². The summed E-state index contributed by atoms with van der Waals surface area (Å²) in [6.07, 6.45) is 7.96. The van der Waals surface area contributed by atoms with Crippen LogP contribution in [0.25, 0.3) is 0 Å². The molecule has 0 aromatic heterocycles. The lowest BCUT2D eigenvalue weighted by atomic mass is 9.86. The van der Waals surface area contributed by atoms with Crippen molar-refractivity contribution < 1.29 is 4.74 Å². The molecule has 2 nitrogen and oxygen atoms in total. The molecule has 0 amide bonds. The van der Waals surface area contributed by atoms with Crippen LogP contribution < -0.4 is 5.73 Å². The van der Waals surface area contributed by atoms with Gasteiger partial charge in [-0.25, -0.2) is 0 Å². The van der Waals surface area contributed by atoms with E-state index in [-0.39, 0.29) is 0 Å². The SMILES string of the molecule is NCC1CC2C3C=CC(O3)C2C1. The molecule has 2 bridgehead atoms. The Labute approximate surface area is 72.8 Å². The van der Waals surface area contributed by atoms with Crippen molar-refractivity contribution in [3.8, 4) is 0 Å². The maximum atomic E-state index is 5.78. The minimum atomic E-state index is 0.441. The van der Waals surface area contributed by atoms with Crippen molar-refractivity contribution in [2.75, 3.05) is 6.54 Å². The molecule has 1 aliphatic carbocycles. The summed E-state index contributed by atoms with van der Waals surface area (Å²) in [6, 6.07) is 0. The Morgan fingerprint density at radius 2 is 1.75 bits per heavy atom. The van der Waals surface area contributed by atoms with Gasteiger partial charge in [0.1, 0.15) is 0 Å². The highest BCUT2D eigenvalue weighted by atomic mass is 16.5. The molecule has 2 fully saturated rings. The van der Waals surface area contributed by atoms with Gasteiger partial charge in [-0.3, -0.25) is 0 Å². The third kappa shape index (κ3) is 0.771. The fraction of sp³-hybridized carbons (Fsp3) is 0.800. The molecule has 1 saturated heterocycles. The van der Waals surface area contributed by atoms with Gasteiger partial charge in [0.05, 0.1) is 12.2 Å². The first-order valence-corrected chi connectivity index (χ1v) is 4.92. The Morgan fingerprint density at radius 3 is 2.25 bits per heavy atom. The third-order valence-electron chi connectivity index (χ3n) is 3.74. The smallest absolute Gasteiger partial charge is 0.0796 e. The molecule has 3 rings (SSSR count). The van der Waals surface area contributed by atoms with E-state index >= 15 is 0 Å². The molecule has 0 spiro atoms. The Morgan fingerprint density at radius 1 is 1.17 bits per heavy atom. The van der Waals surface area contributed by atoms with E-state index in [2.05, 4.69) is 12.2 Å². The summed E-state index contributed by atoms with van der Waals surface area (Å²) >= 11 is 0. The van der Waals surface area contributed by atoms with E-state index in [0.29, 0.717) is 12.2 Å². The first kappa shape index (κ1) is 7.10. The molecule has 2 heterocycles. The molecule has 2 N–H and O–H groups in total. The average Bonchev–Trinajstić information content (AvgIpc) is 2.75. The topological polar surface area (TPSA) is 35.2 Å². The zero-order chi connectivity index (χ0) is 8.13. The van der Waals surface area contributed by atoms with E-state index in [0.717, 1.165) is 24.3 Å². The Balaban J connectivity index is 1.82. The monoisotopic (exact) mass is 165 g/mol. The van der Waals surface area contributed by atoms with Crippen LogP contribution >= 0.6 is 0 Å². The Hall–Kier alpha value is -0.340. The number of rotatable bonds is 1. The Bertz CT molecular complexity index is 206. The van der Waals surface area contributed by atoms with E-state index in [4.69, 9.17) is 10.5 Å². The predicted molar refractivity (Wildman–Crippen MR) is 46.6 cm³/mol. The lowest BCUT2D eigenvalue weighted by molar-refractivity contribution is 0.0922. The van der Waals surface area contributed by atoms with E-state index in [1.54, 1.807) is 0 Å². The van der Waals surface area contributed by atoms with Gasteiger partial charge in [0, 0.05) is 0 Å². The highest BCUT2D eigenvalue weighted by Crippen LogP contribution is 2.50. The van der Waals surface area contributed by atoms with Crippen molar-refractivity contribution in [3.05, 3.63) is 12.2 Å². The van der Waals surface area contributed by atoms with Gasteiger partial charge < -0.3 is 10.5 Å². The van der Waals surface area contributed by atoms with Gasteiger partial charge >= 0.3 is 0 Å². The standard InChI is InChI=1S/C10H15NO/c11-5-6-3-7-8(4-6)10-2-1-9(7)12-10/h1-2,6-10H,3-5,11H2. The van der Waals surface area contributed by atoms with Gasteiger partial charge in [-0.1, -0.05) is 12.2 Å². The number of nitrogens with two attached hydrogens (primary N) is 1. The molecule has 2 heteroatoms. The number of ether oxygens (including phenoxy) is 1. The van der Waals surface area contributed by atoms with Crippen LogP contribution in [-0.2, 0) is 4.74 Å². The first-order chi connectivity index (χ1) is 5.88. The van der Waals surface area contributed by atoms with Gasteiger partial charge in [-0.05, 0) is 37.1 Å². The largest absolute Gasteiger partial charge is 0.366 e. The van der Waals surface area contributed by atoms with Crippen LogP contribution in [0.3, 0.4) is 0 Å². The van der Waals surface area contributed by atoms with Crippen molar-refractivity contribution in [1.82, 2.24) is 0 Å². The van der Waals surface area contributed by atoms with Crippen LogP contribution in [0, 0.1) is 17.8 Å². The normalized spacial score (nSPS) is 54.9. The molecule has 66 valence electrons. The molecule has 0 aromatic carbocycles. The second kappa shape index (κ2) is 2.33. The number of hydrogen-bond donors (Lipinski definition) is 1. The summed E-state index contributed by atoms with van der Waals surface area (Å²) in [5, 5.41) is 0. The molecule has 0 radical (unpaired) electrons.